The first-order chi connectivity index (χ1) is 10.8. The molecule has 0 amide bonds. The van der Waals surface area contributed by atoms with Gasteiger partial charge in [-0.2, -0.15) is 0 Å². The van der Waals surface area contributed by atoms with Crippen LogP contribution in [0.3, 0.4) is 0 Å². The third-order valence-corrected chi connectivity index (χ3v) is 3.47. The average molecular weight is 380 g/mol. The minimum Gasteiger partial charge on any atom is -0.463 e. The second-order valence-electron chi connectivity index (χ2n) is 5.16. The van der Waals surface area contributed by atoms with Crippen molar-refractivity contribution in [3.05, 3.63) is 39.4 Å². The number of carbonyl (C=O) groups excluding carboxylic acids is 2. The highest BCUT2D eigenvalue weighted by atomic mass is 35.5. The smallest absolute Gasteiger partial charge is 0.336 e. The lowest BCUT2D eigenvalue weighted by molar-refractivity contribution is -0.138. The highest BCUT2D eigenvalue weighted by Crippen LogP contribution is 2.35. The van der Waals surface area contributed by atoms with E-state index in [1.54, 1.807) is 0 Å². The highest BCUT2D eigenvalue weighted by Gasteiger charge is 2.12. The fourth-order valence-corrected chi connectivity index (χ4v) is 2.50. The van der Waals surface area contributed by atoms with Gasteiger partial charge in [0, 0.05) is 17.2 Å². The summed E-state index contributed by atoms with van der Waals surface area (Å²) >= 11 is 17.5. The lowest BCUT2D eigenvalue weighted by Crippen LogP contribution is -2.08. The summed E-state index contributed by atoms with van der Waals surface area (Å²) in [6, 6.07) is 2.79. The fourth-order valence-electron chi connectivity index (χ4n) is 1.61. The van der Waals surface area contributed by atoms with Crippen LogP contribution in [0, 0.1) is 5.92 Å². The number of hydrogen-bond donors (Lipinski definition) is 0. The van der Waals surface area contributed by atoms with Crippen molar-refractivity contribution in [2.75, 3.05) is 6.61 Å². The Kier molecular flexibility index (Phi) is 8.45. The predicted octanol–water partition coefficient (Wildman–Crippen LogP) is 5.09. The zero-order valence-corrected chi connectivity index (χ0v) is 15.0. The van der Waals surface area contributed by atoms with Crippen LogP contribution in [0.4, 0.5) is 0 Å². The monoisotopic (exact) mass is 378 g/mol. The summed E-state index contributed by atoms with van der Waals surface area (Å²) in [6.07, 6.45) is 3.69. The third kappa shape index (κ3) is 7.73. The van der Waals surface area contributed by atoms with Crippen LogP contribution in [0.25, 0.3) is 0 Å². The first-order valence-electron chi connectivity index (χ1n) is 7.00. The minimum atomic E-state index is -0.796. The molecule has 1 aromatic carbocycles. The number of rotatable bonds is 7. The molecule has 1 aromatic rings. The summed E-state index contributed by atoms with van der Waals surface area (Å²) in [4.78, 5) is 23.1. The standard InChI is InChI=1S/C16H17Cl3O4/c1-10(2)4-3-7-22-14(20)5-6-15(21)23-16-12(18)8-11(17)9-13(16)19/h5-6,8-10H,3-4,7H2,1-2H3/b6-5+. The molecule has 0 unspecified atom stereocenters. The third-order valence-electron chi connectivity index (χ3n) is 2.69. The molecule has 7 heteroatoms. The molecule has 1 rings (SSSR count). The fraction of sp³-hybridized carbons (Fsp3) is 0.375. The maximum atomic E-state index is 11.7. The Labute approximate surface area is 150 Å². The molecule has 0 fully saturated rings. The van der Waals surface area contributed by atoms with Gasteiger partial charge in [0.25, 0.3) is 0 Å². The molecule has 0 N–H and O–H groups in total. The Morgan fingerprint density at radius 1 is 1.09 bits per heavy atom. The van der Waals surface area contributed by atoms with E-state index >= 15 is 0 Å². The molecule has 126 valence electrons. The van der Waals surface area contributed by atoms with Crippen molar-refractivity contribution in [1.82, 2.24) is 0 Å². The van der Waals surface area contributed by atoms with Crippen LogP contribution in [0.1, 0.15) is 26.7 Å². The van der Waals surface area contributed by atoms with Crippen LogP contribution in [0.5, 0.6) is 5.75 Å². The molecular formula is C16H17Cl3O4. The first-order valence-corrected chi connectivity index (χ1v) is 8.14. The molecule has 0 heterocycles. The maximum Gasteiger partial charge on any atom is 0.336 e. The Hall–Kier alpha value is -1.23. The zero-order valence-electron chi connectivity index (χ0n) is 12.8. The van der Waals surface area contributed by atoms with Crippen LogP contribution in [0.2, 0.25) is 15.1 Å². The number of esters is 2. The average Bonchev–Trinajstić information content (AvgIpc) is 2.45. The Morgan fingerprint density at radius 2 is 1.65 bits per heavy atom. The van der Waals surface area contributed by atoms with E-state index in [4.69, 9.17) is 44.3 Å². The molecule has 0 aromatic heterocycles. The molecule has 4 nitrogen and oxygen atoms in total. The van der Waals surface area contributed by atoms with Crippen LogP contribution in [0.15, 0.2) is 24.3 Å². The van der Waals surface area contributed by atoms with E-state index in [2.05, 4.69) is 13.8 Å². The molecule has 0 aliphatic rings. The zero-order chi connectivity index (χ0) is 17.4. The summed E-state index contributed by atoms with van der Waals surface area (Å²) in [5, 5.41) is 0.515. The lowest BCUT2D eigenvalue weighted by atomic mass is 10.1. The van der Waals surface area contributed by atoms with Crippen molar-refractivity contribution in [3.63, 3.8) is 0 Å². The van der Waals surface area contributed by atoms with Crippen molar-refractivity contribution in [2.24, 2.45) is 5.92 Å². The molecule has 0 bridgehead atoms. The Balaban J connectivity index is 2.49. The van der Waals surface area contributed by atoms with E-state index in [9.17, 15) is 9.59 Å². The van der Waals surface area contributed by atoms with Gasteiger partial charge in [0.1, 0.15) is 0 Å². The minimum absolute atomic E-state index is 0.0160. The van der Waals surface area contributed by atoms with Gasteiger partial charge in [-0.05, 0) is 30.9 Å². The number of carbonyl (C=O) groups is 2. The number of hydrogen-bond acceptors (Lipinski definition) is 4. The summed E-state index contributed by atoms with van der Waals surface area (Å²) in [5.74, 6) is -0.875. The maximum absolute atomic E-state index is 11.7. The summed E-state index contributed by atoms with van der Waals surface area (Å²) < 4.78 is 9.94. The molecule has 0 saturated carbocycles. The lowest BCUT2D eigenvalue weighted by Gasteiger charge is -2.07. The largest absolute Gasteiger partial charge is 0.463 e. The van der Waals surface area contributed by atoms with Crippen molar-refractivity contribution in [2.45, 2.75) is 26.7 Å². The molecule has 0 aliphatic heterocycles. The van der Waals surface area contributed by atoms with Gasteiger partial charge < -0.3 is 9.47 Å². The van der Waals surface area contributed by atoms with Crippen LogP contribution in [-0.4, -0.2) is 18.5 Å². The van der Waals surface area contributed by atoms with E-state index in [-0.39, 0.29) is 15.8 Å². The number of ether oxygens (including phenoxy) is 2. The molecular weight excluding hydrogens is 363 g/mol. The quantitative estimate of drug-likeness (QED) is 0.287. The van der Waals surface area contributed by atoms with Gasteiger partial charge in [-0.3, -0.25) is 0 Å². The van der Waals surface area contributed by atoms with Gasteiger partial charge in [0.2, 0.25) is 0 Å². The normalized spacial score (nSPS) is 11.0. The topological polar surface area (TPSA) is 52.6 Å². The van der Waals surface area contributed by atoms with Crippen LogP contribution < -0.4 is 4.74 Å². The van der Waals surface area contributed by atoms with Crippen molar-refractivity contribution < 1.29 is 19.1 Å². The van der Waals surface area contributed by atoms with Gasteiger partial charge in [-0.15, -0.1) is 0 Å². The number of halogens is 3. The Bertz CT molecular complexity index is 574. The van der Waals surface area contributed by atoms with E-state index in [0.717, 1.165) is 25.0 Å². The molecule has 0 radical (unpaired) electrons. The number of benzene rings is 1. The molecule has 0 aliphatic carbocycles. The SMILES string of the molecule is CC(C)CCCOC(=O)/C=C/C(=O)Oc1c(Cl)cc(Cl)cc1Cl. The van der Waals surface area contributed by atoms with E-state index < -0.39 is 11.9 Å². The van der Waals surface area contributed by atoms with Crippen LogP contribution in [-0.2, 0) is 14.3 Å². The van der Waals surface area contributed by atoms with Crippen molar-refractivity contribution >= 4 is 46.7 Å². The van der Waals surface area contributed by atoms with Gasteiger partial charge >= 0.3 is 11.9 Å². The second-order valence-corrected chi connectivity index (χ2v) is 6.41. The van der Waals surface area contributed by atoms with Gasteiger partial charge in [-0.25, -0.2) is 9.59 Å². The first kappa shape index (κ1) is 19.8. The van der Waals surface area contributed by atoms with Crippen molar-refractivity contribution in [3.8, 4) is 5.75 Å². The van der Waals surface area contributed by atoms with Crippen LogP contribution >= 0.6 is 34.8 Å². The van der Waals surface area contributed by atoms with E-state index in [1.165, 1.54) is 12.1 Å². The molecule has 23 heavy (non-hydrogen) atoms. The van der Waals surface area contributed by atoms with Gasteiger partial charge in [0.05, 0.1) is 16.7 Å². The highest BCUT2D eigenvalue weighted by molar-refractivity contribution is 6.40. The summed E-state index contributed by atoms with van der Waals surface area (Å²) in [7, 11) is 0. The predicted molar refractivity (Wildman–Crippen MR) is 91.3 cm³/mol. The summed E-state index contributed by atoms with van der Waals surface area (Å²) in [5.41, 5.74) is 0. The molecule has 0 atom stereocenters. The second kappa shape index (κ2) is 9.81. The van der Waals surface area contributed by atoms with Crippen molar-refractivity contribution in [1.29, 1.82) is 0 Å². The Morgan fingerprint density at radius 3 is 2.22 bits per heavy atom. The van der Waals surface area contributed by atoms with Gasteiger partial charge in [0.15, 0.2) is 5.75 Å². The summed E-state index contributed by atoms with van der Waals surface area (Å²) in [6.45, 7) is 4.49. The van der Waals surface area contributed by atoms with Gasteiger partial charge in [-0.1, -0.05) is 48.7 Å². The van der Waals surface area contributed by atoms with E-state index in [1.807, 2.05) is 0 Å². The molecule has 0 spiro atoms. The van der Waals surface area contributed by atoms with E-state index in [0.29, 0.717) is 17.5 Å². The molecule has 0 saturated heterocycles.